The first kappa shape index (κ1) is 13.4. The largest absolute Gasteiger partial charge is 0.374 e. The Hall–Kier alpha value is -1.62. The maximum absolute atomic E-state index is 10.7. The lowest BCUT2D eigenvalue weighted by Crippen LogP contribution is -2.30. The number of rotatable bonds is 6. The molecule has 0 radical (unpaired) electrons. The number of nitrogens with zero attached hydrogens (tertiary/aromatic N) is 2. The summed E-state index contributed by atoms with van der Waals surface area (Å²) in [4.78, 5) is 12.5. The molecule has 0 bridgehead atoms. The summed E-state index contributed by atoms with van der Waals surface area (Å²) >= 11 is 0. The van der Waals surface area contributed by atoms with Crippen molar-refractivity contribution in [2.75, 3.05) is 26.7 Å². The molecule has 17 heavy (non-hydrogen) atoms. The molecule has 0 atom stereocenters. The molecule has 0 unspecified atom stereocenters. The fourth-order valence-corrected chi connectivity index (χ4v) is 1.71. The maximum atomic E-state index is 10.7. The minimum atomic E-state index is -0.361. The maximum Gasteiger partial charge on any atom is 0.269 e. The fourth-order valence-electron chi connectivity index (χ4n) is 1.71. The first-order chi connectivity index (χ1) is 8.19. The zero-order valence-electron chi connectivity index (χ0n) is 10.3. The highest BCUT2D eigenvalue weighted by atomic mass is 16.6. The van der Waals surface area contributed by atoms with Crippen LogP contribution in [0.15, 0.2) is 35.7 Å². The fraction of sp³-hybridized carbons (Fsp3) is 0.500. The van der Waals surface area contributed by atoms with Crippen LogP contribution in [0.2, 0.25) is 0 Å². The van der Waals surface area contributed by atoms with E-state index in [0.717, 1.165) is 31.8 Å². The highest BCUT2D eigenvalue weighted by Crippen LogP contribution is 2.15. The molecule has 0 saturated carbocycles. The van der Waals surface area contributed by atoms with Gasteiger partial charge in [0.25, 0.3) is 5.70 Å². The van der Waals surface area contributed by atoms with Crippen molar-refractivity contribution in [2.45, 2.75) is 13.3 Å². The number of hydrogen-bond acceptors (Lipinski definition) is 4. The van der Waals surface area contributed by atoms with Crippen molar-refractivity contribution in [1.82, 2.24) is 10.2 Å². The van der Waals surface area contributed by atoms with Crippen molar-refractivity contribution < 1.29 is 4.92 Å². The van der Waals surface area contributed by atoms with Gasteiger partial charge < -0.3 is 10.2 Å². The van der Waals surface area contributed by atoms with Gasteiger partial charge in [0.1, 0.15) is 0 Å². The highest BCUT2D eigenvalue weighted by molar-refractivity contribution is 5.26. The van der Waals surface area contributed by atoms with Crippen molar-refractivity contribution in [2.24, 2.45) is 0 Å². The predicted molar refractivity (Wildman–Crippen MR) is 68.1 cm³/mol. The number of hydrogen-bond donors (Lipinski definition) is 1. The molecular weight excluding hydrogens is 218 g/mol. The molecule has 0 heterocycles. The van der Waals surface area contributed by atoms with Gasteiger partial charge in [-0.1, -0.05) is 6.08 Å². The van der Waals surface area contributed by atoms with Gasteiger partial charge in [-0.3, -0.25) is 10.1 Å². The van der Waals surface area contributed by atoms with Gasteiger partial charge in [-0.25, -0.2) is 0 Å². The van der Waals surface area contributed by atoms with E-state index < -0.39 is 0 Å². The molecule has 0 aromatic carbocycles. The van der Waals surface area contributed by atoms with E-state index in [1.54, 1.807) is 12.2 Å². The second kappa shape index (κ2) is 6.85. The molecule has 0 aromatic heterocycles. The number of nitrogens with one attached hydrogen (secondary N) is 1. The Kier molecular flexibility index (Phi) is 5.42. The van der Waals surface area contributed by atoms with Crippen LogP contribution in [0.4, 0.5) is 0 Å². The molecule has 0 saturated heterocycles. The van der Waals surface area contributed by atoms with Gasteiger partial charge in [-0.05, 0) is 20.0 Å². The number of allylic oxidation sites excluding steroid dienone is 4. The Bertz CT molecular complexity index is 359. The average Bonchev–Trinajstić information content (AvgIpc) is 2.56. The van der Waals surface area contributed by atoms with E-state index in [1.165, 1.54) is 0 Å². The van der Waals surface area contributed by atoms with Gasteiger partial charge in [0, 0.05) is 43.9 Å². The van der Waals surface area contributed by atoms with Crippen LogP contribution in [-0.4, -0.2) is 36.5 Å². The van der Waals surface area contributed by atoms with Gasteiger partial charge >= 0.3 is 0 Å². The lowest BCUT2D eigenvalue weighted by atomic mass is 10.2. The lowest BCUT2D eigenvalue weighted by molar-refractivity contribution is -0.419. The summed E-state index contributed by atoms with van der Waals surface area (Å²) in [6, 6.07) is 0. The second-order valence-electron chi connectivity index (χ2n) is 3.80. The standard InChI is InChI=1S/C12H19N3O2/c1-3-14(10-9-13-2)11-5-4-6-12(8-7-11)15(16)17/h4,6-8,13H,3,5,9-10H2,1-2H3. The summed E-state index contributed by atoms with van der Waals surface area (Å²) in [5.41, 5.74) is 1.26. The Morgan fingerprint density at radius 2 is 2.29 bits per heavy atom. The molecule has 0 aromatic rings. The van der Waals surface area contributed by atoms with E-state index in [2.05, 4.69) is 17.1 Å². The van der Waals surface area contributed by atoms with Crippen LogP contribution in [-0.2, 0) is 0 Å². The van der Waals surface area contributed by atoms with Crippen molar-refractivity contribution >= 4 is 0 Å². The molecule has 0 spiro atoms. The van der Waals surface area contributed by atoms with Gasteiger partial charge in [0.05, 0.1) is 4.92 Å². The predicted octanol–water partition coefficient (Wildman–Crippen LogP) is 1.53. The quantitative estimate of drug-likeness (QED) is 0.562. The average molecular weight is 237 g/mol. The minimum absolute atomic E-state index is 0.143. The molecule has 0 fully saturated rings. The molecule has 1 N–H and O–H groups in total. The molecule has 1 aliphatic carbocycles. The van der Waals surface area contributed by atoms with Crippen LogP contribution in [0.25, 0.3) is 0 Å². The van der Waals surface area contributed by atoms with Crippen molar-refractivity contribution in [3.05, 3.63) is 45.8 Å². The van der Waals surface area contributed by atoms with Gasteiger partial charge in [0.2, 0.25) is 0 Å². The topological polar surface area (TPSA) is 58.4 Å². The van der Waals surface area contributed by atoms with Crippen LogP contribution < -0.4 is 5.32 Å². The van der Waals surface area contributed by atoms with E-state index in [1.807, 2.05) is 19.2 Å². The van der Waals surface area contributed by atoms with Crippen LogP contribution in [0.3, 0.4) is 0 Å². The Morgan fingerprint density at radius 3 is 2.88 bits per heavy atom. The van der Waals surface area contributed by atoms with Crippen molar-refractivity contribution in [1.29, 1.82) is 0 Å². The summed E-state index contributed by atoms with van der Waals surface area (Å²) < 4.78 is 0. The summed E-state index contributed by atoms with van der Waals surface area (Å²) in [6.45, 7) is 4.81. The summed E-state index contributed by atoms with van der Waals surface area (Å²) in [6.07, 6.45) is 7.56. The number of likely N-dealkylation sites (N-methyl/N-ethyl adjacent to an activating group) is 2. The van der Waals surface area contributed by atoms with Gasteiger partial charge in [0.15, 0.2) is 0 Å². The SMILES string of the molecule is CCN(CCNC)C1=CC=C([N+](=O)[O-])C=CC1. The molecule has 5 heteroatoms. The third kappa shape index (κ3) is 4.03. The minimum Gasteiger partial charge on any atom is -0.374 e. The van der Waals surface area contributed by atoms with Gasteiger partial charge in [-0.15, -0.1) is 0 Å². The van der Waals surface area contributed by atoms with Crippen LogP contribution in [0.5, 0.6) is 0 Å². The molecule has 94 valence electrons. The highest BCUT2D eigenvalue weighted by Gasteiger charge is 2.11. The Balaban J connectivity index is 2.76. The zero-order chi connectivity index (χ0) is 12.7. The summed E-state index contributed by atoms with van der Waals surface area (Å²) in [7, 11) is 1.92. The number of nitro groups is 1. The van der Waals surface area contributed by atoms with E-state index >= 15 is 0 Å². The van der Waals surface area contributed by atoms with Crippen LogP contribution in [0.1, 0.15) is 13.3 Å². The first-order valence-electron chi connectivity index (χ1n) is 5.80. The lowest BCUT2D eigenvalue weighted by Gasteiger charge is -2.25. The molecule has 0 aliphatic heterocycles. The third-order valence-corrected chi connectivity index (χ3v) is 2.69. The molecule has 0 amide bonds. The smallest absolute Gasteiger partial charge is 0.269 e. The van der Waals surface area contributed by atoms with Crippen molar-refractivity contribution in [3.63, 3.8) is 0 Å². The normalized spacial score (nSPS) is 14.9. The van der Waals surface area contributed by atoms with Gasteiger partial charge in [-0.2, -0.15) is 0 Å². The van der Waals surface area contributed by atoms with E-state index in [-0.39, 0.29) is 10.6 Å². The second-order valence-corrected chi connectivity index (χ2v) is 3.80. The zero-order valence-corrected chi connectivity index (χ0v) is 10.3. The van der Waals surface area contributed by atoms with Crippen LogP contribution in [0, 0.1) is 10.1 Å². The Labute approximate surface area is 102 Å². The monoisotopic (exact) mass is 237 g/mol. The molecule has 5 nitrogen and oxygen atoms in total. The van der Waals surface area contributed by atoms with E-state index in [9.17, 15) is 10.1 Å². The molecule has 1 rings (SSSR count). The first-order valence-corrected chi connectivity index (χ1v) is 5.80. The Morgan fingerprint density at radius 1 is 1.53 bits per heavy atom. The summed E-state index contributed by atoms with van der Waals surface area (Å²) in [5.74, 6) is 0. The molecule has 1 aliphatic rings. The van der Waals surface area contributed by atoms with E-state index in [4.69, 9.17) is 0 Å². The van der Waals surface area contributed by atoms with Crippen molar-refractivity contribution in [3.8, 4) is 0 Å². The van der Waals surface area contributed by atoms with Crippen LogP contribution >= 0.6 is 0 Å². The van der Waals surface area contributed by atoms with E-state index in [0.29, 0.717) is 0 Å². The third-order valence-electron chi connectivity index (χ3n) is 2.69. The molecular formula is C12H19N3O2. The summed E-state index contributed by atoms with van der Waals surface area (Å²) in [5, 5.41) is 13.8.